The van der Waals surface area contributed by atoms with E-state index in [0.717, 1.165) is 24.5 Å². The molecule has 2 aromatic rings. The monoisotopic (exact) mass is 268 g/mol. The molecule has 0 atom stereocenters. The van der Waals surface area contributed by atoms with Crippen LogP contribution in [0.5, 0.6) is 0 Å². The summed E-state index contributed by atoms with van der Waals surface area (Å²) in [5.41, 5.74) is 3.34. The minimum Gasteiger partial charge on any atom is -0.385 e. The van der Waals surface area contributed by atoms with Crippen LogP contribution < -0.4 is 10.6 Å². The molecule has 0 unspecified atom stereocenters. The number of anilines is 2. The Morgan fingerprint density at radius 1 is 0.900 bits per heavy atom. The minimum absolute atomic E-state index is 0.0459. The van der Waals surface area contributed by atoms with E-state index in [1.165, 1.54) is 0 Å². The lowest BCUT2D eigenvalue weighted by Gasteiger charge is -2.10. The summed E-state index contributed by atoms with van der Waals surface area (Å²) in [5.74, 6) is 0.0459. The van der Waals surface area contributed by atoms with Gasteiger partial charge in [0.2, 0.25) is 0 Å². The molecular weight excluding hydrogens is 248 g/mol. The lowest BCUT2D eigenvalue weighted by molar-refractivity contribution is 0.103. The predicted molar refractivity (Wildman–Crippen MR) is 84.6 cm³/mol. The van der Waals surface area contributed by atoms with Crippen molar-refractivity contribution in [2.75, 3.05) is 23.7 Å². The van der Waals surface area contributed by atoms with Crippen molar-refractivity contribution in [2.45, 2.75) is 13.8 Å². The van der Waals surface area contributed by atoms with Gasteiger partial charge in [0, 0.05) is 35.6 Å². The minimum atomic E-state index is 0.0459. The molecule has 0 fully saturated rings. The van der Waals surface area contributed by atoms with Gasteiger partial charge in [0.05, 0.1) is 0 Å². The van der Waals surface area contributed by atoms with E-state index < -0.39 is 0 Å². The van der Waals surface area contributed by atoms with E-state index in [9.17, 15) is 4.79 Å². The second-order valence-electron chi connectivity index (χ2n) is 4.51. The summed E-state index contributed by atoms with van der Waals surface area (Å²) in [6, 6.07) is 15.2. The van der Waals surface area contributed by atoms with E-state index in [1.807, 2.05) is 62.4 Å². The molecule has 2 rings (SSSR count). The Labute approximate surface area is 120 Å². The van der Waals surface area contributed by atoms with Gasteiger partial charge in [-0.25, -0.2) is 0 Å². The first-order valence-corrected chi connectivity index (χ1v) is 6.97. The number of hydrogen-bond acceptors (Lipinski definition) is 3. The predicted octanol–water partition coefficient (Wildman–Crippen LogP) is 3.78. The Hall–Kier alpha value is -2.29. The Kier molecular flexibility index (Phi) is 4.77. The topological polar surface area (TPSA) is 41.1 Å². The summed E-state index contributed by atoms with van der Waals surface area (Å²) in [4.78, 5) is 12.6. The van der Waals surface area contributed by atoms with Crippen molar-refractivity contribution in [1.82, 2.24) is 0 Å². The summed E-state index contributed by atoms with van der Waals surface area (Å²) >= 11 is 0. The number of carbonyl (C=O) groups is 1. The van der Waals surface area contributed by atoms with Gasteiger partial charge in [-0.1, -0.05) is 12.1 Å². The maximum absolute atomic E-state index is 12.6. The highest BCUT2D eigenvalue weighted by atomic mass is 16.1. The normalized spacial score (nSPS) is 10.1. The highest BCUT2D eigenvalue weighted by Gasteiger charge is 2.12. The van der Waals surface area contributed by atoms with Crippen molar-refractivity contribution >= 4 is 17.2 Å². The van der Waals surface area contributed by atoms with Crippen molar-refractivity contribution < 1.29 is 4.79 Å². The quantitative estimate of drug-likeness (QED) is 0.783. The third-order valence-corrected chi connectivity index (χ3v) is 3.07. The fraction of sp³-hybridized carbons (Fsp3) is 0.235. The zero-order valence-corrected chi connectivity index (χ0v) is 11.9. The average Bonchev–Trinajstić information content (AvgIpc) is 2.49. The molecule has 104 valence electrons. The van der Waals surface area contributed by atoms with Crippen molar-refractivity contribution in [3.05, 3.63) is 59.7 Å². The Morgan fingerprint density at radius 2 is 1.55 bits per heavy atom. The summed E-state index contributed by atoms with van der Waals surface area (Å²) in [5, 5.41) is 6.45. The van der Waals surface area contributed by atoms with Crippen LogP contribution in [0.15, 0.2) is 48.5 Å². The number of nitrogens with one attached hydrogen (secondary N) is 2. The first-order chi connectivity index (χ1) is 9.76. The van der Waals surface area contributed by atoms with Gasteiger partial charge < -0.3 is 10.6 Å². The molecule has 3 nitrogen and oxygen atoms in total. The summed E-state index contributed by atoms with van der Waals surface area (Å²) < 4.78 is 0. The number of hydrogen-bond donors (Lipinski definition) is 2. The van der Waals surface area contributed by atoms with Crippen LogP contribution in [0.4, 0.5) is 11.4 Å². The SMILES string of the molecule is CCNc1ccc(C(=O)c2ccccc2NCC)cc1. The molecule has 2 aromatic carbocycles. The highest BCUT2D eigenvalue weighted by Crippen LogP contribution is 2.20. The van der Waals surface area contributed by atoms with Gasteiger partial charge in [0.25, 0.3) is 0 Å². The largest absolute Gasteiger partial charge is 0.385 e. The van der Waals surface area contributed by atoms with E-state index in [2.05, 4.69) is 10.6 Å². The molecule has 0 aliphatic heterocycles. The fourth-order valence-corrected chi connectivity index (χ4v) is 2.12. The first-order valence-electron chi connectivity index (χ1n) is 6.97. The van der Waals surface area contributed by atoms with Crippen molar-refractivity contribution in [1.29, 1.82) is 0 Å². The van der Waals surface area contributed by atoms with Crippen LogP contribution in [-0.4, -0.2) is 18.9 Å². The average molecular weight is 268 g/mol. The lowest BCUT2D eigenvalue weighted by atomic mass is 10.0. The highest BCUT2D eigenvalue weighted by molar-refractivity contribution is 6.12. The molecule has 0 saturated carbocycles. The van der Waals surface area contributed by atoms with Crippen molar-refractivity contribution in [2.24, 2.45) is 0 Å². The zero-order chi connectivity index (χ0) is 14.4. The van der Waals surface area contributed by atoms with Crippen molar-refractivity contribution in [3.63, 3.8) is 0 Å². The smallest absolute Gasteiger partial charge is 0.195 e. The van der Waals surface area contributed by atoms with Crippen LogP contribution >= 0.6 is 0 Å². The third kappa shape index (κ3) is 3.18. The number of carbonyl (C=O) groups excluding carboxylic acids is 1. The fourth-order valence-electron chi connectivity index (χ4n) is 2.12. The molecule has 0 aromatic heterocycles. The number of para-hydroxylation sites is 1. The van der Waals surface area contributed by atoms with Gasteiger partial charge in [-0.05, 0) is 50.2 Å². The molecule has 0 saturated heterocycles. The van der Waals surface area contributed by atoms with E-state index in [4.69, 9.17) is 0 Å². The van der Waals surface area contributed by atoms with Gasteiger partial charge in [0.1, 0.15) is 0 Å². The molecule has 0 aliphatic carbocycles. The molecule has 0 radical (unpaired) electrons. The number of ketones is 1. The van der Waals surface area contributed by atoms with Crippen LogP contribution in [0, 0.1) is 0 Å². The maximum atomic E-state index is 12.6. The van der Waals surface area contributed by atoms with Crippen LogP contribution in [0.3, 0.4) is 0 Å². The van der Waals surface area contributed by atoms with Crippen LogP contribution in [0.25, 0.3) is 0 Å². The lowest BCUT2D eigenvalue weighted by Crippen LogP contribution is -2.07. The van der Waals surface area contributed by atoms with E-state index >= 15 is 0 Å². The summed E-state index contributed by atoms with van der Waals surface area (Å²) in [7, 11) is 0. The molecule has 20 heavy (non-hydrogen) atoms. The number of benzene rings is 2. The van der Waals surface area contributed by atoms with Crippen LogP contribution in [0.2, 0.25) is 0 Å². The Bertz CT molecular complexity index is 576. The number of rotatable bonds is 6. The third-order valence-electron chi connectivity index (χ3n) is 3.07. The van der Waals surface area contributed by atoms with E-state index in [1.54, 1.807) is 0 Å². The second-order valence-corrected chi connectivity index (χ2v) is 4.51. The standard InChI is InChI=1S/C17H20N2O/c1-3-18-14-11-9-13(10-12-14)17(20)15-7-5-6-8-16(15)19-4-2/h5-12,18-19H,3-4H2,1-2H3. The summed E-state index contributed by atoms with van der Waals surface area (Å²) in [6.07, 6.45) is 0. The zero-order valence-electron chi connectivity index (χ0n) is 11.9. The van der Waals surface area contributed by atoms with Crippen LogP contribution in [0.1, 0.15) is 29.8 Å². The molecule has 0 spiro atoms. The van der Waals surface area contributed by atoms with Crippen molar-refractivity contribution in [3.8, 4) is 0 Å². The molecule has 2 N–H and O–H groups in total. The van der Waals surface area contributed by atoms with Crippen LogP contribution in [-0.2, 0) is 0 Å². The molecule has 0 aliphatic rings. The molecule has 0 heterocycles. The Morgan fingerprint density at radius 3 is 2.20 bits per heavy atom. The summed E-state index contributed by atoms with van der Waals surface area (Å²) in [6.45, 7) is 5.73. The van der Waals surface area contributed by atoms with Gasteiger partial charge in [-0.3, -0.25) is 4.79 Å². The molecule has 3 heteroatoms. The molecule has 0 amide bonds. The van der Waals surface area contributed by atoms with Gasteiger partial charge in [-0.15, -0.1) is 0 Å². The molecular formula is C17H20N2O. The maximum Gasteiger partial charge on any atom is 0.195 e. The van der Waals surface area contributed by atoms with Gasteiger partial charge in [0.15, 0.2) is 5.78 Å². The molecule has 0 bridgehead atoms. The van der Waals surface area contributed by atoms with Gasteiger partial charge >= 0.3 is 0 Å². The second kappa shape index (κ2) is 6.75. The Balaban J connectivity index is 2.26. The van der Waals surface area contributed by atoms with E-state index in [0.29, 0.717) is 11.1 Å². The van der Waals surface area contributed by atoms with E-state index in [-0.39, 0.29) is 5.78 Å². The van der Waals surface area contributed by atoms with Gasteiger partial charge in [-0.2, -0.15) is 0 Å². The first kappa shape index (κ1) is 14.1.